The highest BCUT2D eigenvalue weighted by molar-refractivity contribution is 6.30. The lowest BCUT2D eigenvalue weighted by molar-refractivity contribution is 0.0515. The third-order valence-electron chi connectivity index (χ3n) is 3.53. The van der Waals surface area contributed by atoms with Crippen LogP contribution in [-0.4, -0.2) is 17.1 Å². The highest BCUT2D eigenvalue weighted by Crippen LogP contribution is 2.27. The zero-order valence-electron chi connectivity index (χ0n) is 13.7. The first-order valence-electron chi connectivity index (χ1n) is 7.67. The van der Waals surface area contributed by atoms with Crippen LogP contribution < -0.4 is 0 Å². The van der Waals surface area contributed by atoms with Crippen LogP contribution in [0, 0.1) is 0 Å². The molecule has 0 bridgehead atoms. The third kappa shape index (κ3) is 4.06. The van der Waals surface area contributed by atoms with Crippen LogP contribution in [0.3, 0.4) is 0 Å². The van der Waals surface area contributed by atoms with Crippen molar-refractivity contribution in [1.29, 1.82) is 0 Å². The molecule has 0 aliphatic carbocycles. The molecule has 3 nitrogen and oxygen atoms in total. The van der Waals surface area contributed by atoms with E-state index >= 15 is 0 Å². The summed E-state index contributed by atoms with van der Waals surface area (Å²) in [5, 5.41) is 0.652. The van der Waals surface area contributed by atoms with Gasteiger partial charge in [-0.1, -0.05) is 55.1 Å². The number of aromatic nitrogens is 1. The lowest BCUT2D eigenvalue weighted by Crippen LogP contribution is -2.13. The Morgan fingerprint density at radius 1 is 1.25 bits per heavy atom. The SMILES string of the molecule is C=C/C=C(\C=C)Cn1ccc(-c2ccc(Cl)cc2)c1C(=O)OCC. The molecule has 0 unspecified atom stereocenters. The maximum Gasteiger partial charge on any atom is 0.355 e. The van der Waals surface area contributed by atoms with Crippen LogP contribution in [-0.2, 0) is 11.3 Å². The number of carbonyl (C=O) groups is 1. The second kappa shape index (κ2) is 8.37. The highest BCUT2D eigenvalue weighted by Gasteiger charge is 2.19. The number of carbonyl (C=O) groups excluding carboxylic acids is 1. The first-order valence-corrected chi connectivity index (χ1v) is 8.04. The summed E-state index contributed by atoms with van der Waals surface area (Å²) in [5.74, 6) is -0.352. The molecule has 24 heavy (non-hydrogen) atoms. The molecule has 0 aliphatic heterocycles. The molecule has 0 fully saturated rings. The Morgan fingerprint density at radius 3 is 2.54 bits per heavy atom. The number of ether oxygens (including phenoxy) is 1. The van der Waals surface area contributed by atoms with Crippen LogP contribution in [0.4, 0.5) is 0 Å². The second-order valence-corrected chi connectivity index (χ2v) is 5.55. The van der Waals surface area contributed by atoms with Crippen molar-refractivity contribution in [3.05, 3.63) is 84.2 Å². The molecule has 0 atom stereocenters. The molecule has 0 radical (unpaired) electrons. The number of rotatable bonds is 7. The summed E-state index contributed by atoms with van der Waals surface area (Å²) in [6.07, 6.45) is 7.18. The van der Waals surface area contributed by atoms with Crippen LogP contribution in [0.25, 0.3) is 11.1 Å². The normalized spacial score (nSPS) is 11.2. The van der Waals surface area contributed by atoms with Crippen molar-refractivity contribution in [2.75, 3.05) is 6.61 Å². The van der Waals surface area contributed by atoms with Crippen molar-refractivity contribution in [2.24, 2.45) is 0 Å². The lowest BCUT2D eigenvalue weighted by atomic mass is 10.1. The van der Waals surface area contributed by atoms with Crippen LogP contribution in [0.2, 0.25) is 5.02 Å². The van der Waals surface area contributed by atoms with Crippen molar-refractivity contribution in [1.82, 2.24) is 4.57 Å². The largest absolute Gasteiger partial charge is 0.461 e. The van der Waals surface area contributed by atoms with Gasteiger partial charge in [0.1, 0.15) is 5.69 Å². The maximum absolute atomic E-state index is 12.5. The van der Waals surface area contributed by atoms with Crippen molar-refractivity contribution < 1.29 is 9.53 Å². The van der Waals surface area contributed by atoms with E-state index < -0.39 is 0 Å². The van der Waals surface area contributed by atoms with Gasteiger partial charge in [0, 0.05) is 23.3 Å². The Bertz CT molecular complexity index is 769. The van der Waals surface area contributed by atoms with E-state index in [0.717, 1.165) is 16.7 Å². The van der Waals surface area contributed by atoms with Crippen LogP contribution in [0.5, 0.6) is 0 Å². The van der Waals surface area contributed by atoms with Crippen molar-refractivity contribution in [3.8, 4) is 11.1 Å². The van der Waals surface area contributed by atoms with E-state index in [0.29, 0.717) is 23.9 Å². The molecule has 0 N–H and O–H groups in total. The smallest absolute Gasteiger partial charge is 0.355 e. The van der Waals surface area contributed by atoms with Gasteiger partial charge in [-0.2, -0.15) is 0 Å². The average Bonchev–Trinajstić information content (AvgIpc) is 2.99. The topological polar surface area (TPSA) is 31.2 Å². The fourth-order valence-corrected chi connectivity index (χ4v) is 2.55. The van der Waals surface area contributed by atoms with Crippen molar-refractivity contribution in [3.63, 3.8) is 0 Å². The molecule has 2 rings (SSSR count). The summed E-state index contributed by atoms with van der Waals surface area (Å²) in [6.45, 7) is 10.1. The first-order chi connectivity index (χ1) is 11.6. The Hall–Kier alpha value is -2.52. The number of nitrogens with zero attached hydrogens (tertiary/aromatic N) is 1. The number of halogens is 1. The number of hydrogen-bond donors (Lipinski definition) is 0. The van der Waals surface area contributed by atoms with Gasteiger partial charge in [0.05, 0.1) is 6.61 Å². The highest BCUT2D eigenvalue weighted by atomic mass is 35.5. The third-order valence-corrected chi connectivity index (χ3v) is 3.79. The monoisotopic (exact) mass is 341 g/mol. The molecule has 4 heteroatoms. The fourth-order valence-electron chi connectivity index (χ4n) is 2.43. The van der Waals surface area contributed by atoms with Gasteiger partial charge < -0.3 is 9.30 Å². The maximum atomic E-state index is 12.5. The molecular formula is C20H20ClNO2. The second-order valence-electron chi connectivity index (χ2n) is 5.11. The predicted molar refractivity (Wildman–Crippen MR) is 99.3 cm³/mol. The Morgan fingerprint density at radius 2 is 1.96 bits per heavy atom. The zero-order chi connectivity index (χ0) is 17.5. The summed E-state index contributed by atoms with van der Waals surface area (Å²) in [5.41, 5.74) is 3.19. The van der Waals surface area contributed by atoms with Crippen LogP contribution >= 0.6 is 11.6 Å². The van der Waals surface area contributed by atoms with Crippen LogP contribution in [0.15, 0.2) is 73.5 Å². The Balaban J connectivity index is 2.50. The van der Waals surface area contributed by atoms with Crippen molar-refractivity contribution in [2.45, 2.75) is 13.5 Å². The summed E-state index contributed by atoms with van der Waals surface area (Å²) >= 11 is 5.95. The minimum atomic E-state index is -0.352. The number of esters is 1. The average molecular weight is 342 g/mol. The van der Waals surface area contributed by atoms with Gasteiger partial charge in [0.2, 0.25) is 0 Å². The van der Waals surface area contributed by atoms with E-state index in [1.54, 1.807) is 31.2 Å². The van der Waals surface area contributed by atoms with E-state index in [-0.39, 0.29) is 5.97 Å². The van der Waals surface area contributed by atoms with E-state index in [9.17, 15) is 4.79 Å². The van der Waals surface area contributed by atoms with Crippen LogP contribution in [0.1, 0.15) is 17.4 Å². The van der Waals surface area contributed by atoms with Gasteiger partial charge in [-0.05, 0) is 36.3 Å². The van der Waals surface area contributed by atoms with Gasteiger partial charge in [-0.15, -0.1) is 0 Å². The molecule has 1 aromatic heterocycles. The Labute approximate surface area is 147 Å². The summed E-state index contributed by atoms with van der Waals surface area (Å²) in [7, 11) is 0. The number of benzene rings is 1. The summed E-state index contributed by atoms with van der Waals surface area (Å²) < 4.78 is 7.10. The number of allylic oxidation sites excluding steroid dienone is 4. The van der Waals surface area contributed by atoms with E-state index in [1.165, 1.54) is 0 Å². The van der Waals surface area contributed by atoms with Crippen molar-refractivity contribution >= 4 is 17.6 Å². The van der Waals surface area contributed by atoms with E-state index in [4.69, 9.17) is 16.3 Å². The van der Waals surface area contributed by atoms with Gasteiger partial charge in [0.15, 0.2) is 0 Å². The lowest BCUT2D eigenvalue weighted by Gasteiger charge is -2.11. The summed E-state index contributed by atoms with van der Waals surface area (Å²) in [4.78, 5) is 12.5. The first kappa shape index (κ1) is 17.8. The minimum Gasteiger partial charge on any atom is -0.461 e. The van der Waals surface area contributed by atoms with Gasteiger partial charge >= 0.3 is 5.97 Å². The predicted octanol–water partition coefficient (Wildman–Crippen LogP) is 5.28. The fraction of sp³-hybridized carbons (Fsp3) is 0.150. The molecule has 0 aliphatic rings. The molecule has 0 saturated carbocycles. The Kier molecular flexibility index (Phi) is 6.21. The quantitative estimate of drug-likeness (QED) is 0.506. The summed E-state index contributed by atoms with van der Waals surface area (Å²) in [6, 6.07) is 9.29. The standard InChI is InChI=1S/C20H20ClNO2/c1-4-7-15(5-2)14-22-13-12-18(19(22)20(23)24-6-3)16-8-10-17(21)11-9-16/h4-5,7-13H,1-2,6,14H2,3H3/b15-7+. The molecule has 124 valence electrons. The molecule has 1 heterocycles. The molecule has 2 aromatic rings. The van der Waals surface area contributed by atoms with Gasteiger partial charge in [-0.25, -0.2) is 4.79 Å². The molecule has 0 amide bonds. The van der Waals surface area contributed by atoms with Gasteiger partial charge in [0.25, 0.3) is 0 Å². The minimum absolute atomic E-state index is 0.320. The molecular weight excluding hydrogens is 322 g/mol. The van der Waals surface area contributed by atoms with Gasteiger partial charge in [-0.3, -0.25) is 0 Å². The molecule has 1 aromatic carbocycles. The molecule has 0 spiro atoms. The van der Waals surface area contributed by atoms with E-state index in [2.05, 4.69) is 13.2 Å². The zero-order valence-corrected chi connectivity index (χ0v) is 14.4. The molecule has 0 saturated heterocycles. The number of hydrogen-bond acceptors (Lipinski definition) is 2. The van der Waals surface area contributed by atoms with E-state index in [1.807, 2.05) is 35.0 Å².